The number of fused-ring (bicyclic) bond motifs is 3. The Hall–Kier alpha value is -7.43. The SMILES string of the molecule is c1ccc(-c2ccc(-c3nc(-c4ccccc4)nc(-c4ccc5c(c4)oc4cc(-c6ccccc6)cc(-c6ccc(-c7ccccc7)cc6)c45)n3)cc2)cc1. The molecule has 0 radical (unpaired) electrons. The fraction of sp³-hybridized carbons (Fsp3) is 0. The Morgan fingerprint density at radius 3 is 1.16 bits per heavy atom. The Morgan fingerprint density at radius 1 is 0.273 bits per heavy atom. The van der Waals surface area contributed by atoms with Gasteiger partial charge in [0, 0.05) is 27.5 Å². The van der Waals surface area contributed by atoms with E-state index in [0.717, 1.165) is 72.0 Å². The predicted octanol–water partition coefficient (Wildman–Crippen LogP) is 13.4. The molecule has 0 aliphatic carbocycles. The lowest BCUT2D eigenvalue weighted by atomic mass is 9.93. The van der Waals surface area contributed by atoms with Gasteiger partial charge in [-0.15, -0.1) is 0 Å². The Balaban J connectivity index is 1.11. The van der Waals surface area contributed by atoms with Crippen LogP contribution in [0.15, 0.2) is 205 Å². The molecule has 0 atom stereocenters. The lowest BCUT2D eigenvalue weighted by molar-refractivity contribution is 0.669. The third kappa shape index (κ3) is 6.26. The molecule has 0 amide bonds. The highest BCUT2D eigenvalue weighted by Crippen LogP contribution is 2.41. The molecule has 10 aromatic rings. The maximum Gasteiger partial charge on any atom is 0.164 e. The van der Waals surface area contributed by atoms with Crippen LogP contribution in [0.2, 0.25) is 0 Å². The molecule has 2 aromatic heterocycles. The van der Waals surface area contributed by atoms with Crippen molar-refractivity contribution >= 4 is 21.9 Å². The summed E-state index contributed by atoms with van der Waals surface area (Å²) in [6.45, 7) is 0. The molecule has 0 saturated heterocycles. The summed E-state index contributed by atoms with van der Waals surface area (Å²) >= 11 is 0. The van der Waals surface area contributed by atoms with Gasteiger partial charge in [0.25, 0.3) is 0 Å². The van der Waals surface area contributed by atoms with Gasteiger partial charge in [0.1, 0.15) is 11.2 Å². The third-order valence-electron chi connectivity index (χ3n) is 10.2. The largest absolute Gasteiger partial charge is 0.456 e. The van der Waals surface area contributed by atoms with Crippen LogP contribution < -0.4 is 0 Å². The molecule has 2 heterocycles. The van der Waals surface area contributed by atoms with Gasteiger partial charge in [-0.1, -0.05) is 176 Å². The van der Waals surface area contributed by atoms with Crippen molar-refractivity contribution in [3.63, 3.8) is 0 Å². The summed E-state index contributed by atoms with van der Waals surface area (Å²) in [5.74, 6) is 1.81. The molecular formula is C51H33N3O. The maximum atomic E-state index is 6.75. The van der Waals surface area contributed by atoms with E-state index >= 15 is 0 Å². The third-order valence-corrected chi connectivity index (χ3v) is 10.2. The van der Waals surface area contributed by atoms with Gasteiger partial charge in [0.05, 0.1) is 0 Å². The first-order valence-corrected chi connectivity index (χ1v) is 18.4. The van der Waals surface area contributed by atoms with E-state index in [4.69, 9.17) is 19.4 Å². The van der Waals surface area contributed by atoms with Crippen molar-refractivity contribution in [2.75, 3.05) is 0 Å². The number of benzene rings is 8. The van der Waals surface area contributed by atoms with Crippen molar-refractivity contribution in [1.82, 2.24) is 15.0 Å². The first kappa shape index (κ1) is 32.2. The molecule has 0 aliphatic rings. The van der Waals surface area contributed by atoms with Crippen LogP contribution in [0.25, 0.3) is 101 Å². The second-order valence-electron chi connectivity index (χ2n) is 13.6. The van der Waals surface area contributed by atoms with E-state index in [0.29, 0.717) is 17.5 Å². The molecule has 55 heavy (non-hydrogen) atoms. The smallest absolute Gasteiger partial charge is 0.164 e. The van der Waals surface area contributed by atoms with E-state index in [1.807, 2.05) is 48.5 Å². The van der Waals surface area contributed by atoms with E-state index in [9.17, 15) is 0 Å². The van der Waals surface area contributed by atoms with Crippen LogP contribution in [0.1, 0.15) is 0 Å². The first-order chi connectivity index (χ1) is 27.2. The summed E-state index contributed by atoms with van der Waals surface area (Å²) < 4.78 is 6.75. The zero-order chi connectivity index (χ0) is 36.6. The molecule has 0 unspecified atom stereocenters. The predicted molar refractivity (Wildman–Crippen MR) is 225 cm³/mol. The summed E-state index contributed by atoms with van der Waals surface area (Å²) in [6, 6.07) is 69.3. The molecule has 4 heteroatoms. The lowest BCUT2D eigenvalue weighted by Crippen LogP contribution is -2.00. The van der Waals surface area contributed by atoms with Crippen molar-refractivity contribution in [3.05, 3.63) is 200 Å². The normalized spacial score (nSPS) is 11.3. The molecule has 0 saturated carbocycles. The minimum Gasteiger partial charge on any atom is -0.456 e. The van der Waals surface area contributed by atoms with Crippen LogP contribution in [0.4, 0.5) is 0 Å². The zero-order valence-corrected chi connectivity index (χ0v) is 29.8. The van der Waals surface area contributed by atoms with Gasteiger partial charge in [-0.05, 0) is 68.8 Å². The van der Waals surface area contributed by atoms with Gasteiger partial charge in [-0.3, -0.25) is 0 Å². The second-order valence-corrected chi connectivity index (χ2v) is 13.6. The lowest BCUT2D eigenvalue weighted by Gasteiger charge is -2.10. The summed E-state index contributed by atoms with van der Waals surface area (Å²) in [5.41, 5.74) is 13.5. The molecule has 8 aromatic carbocycles. The zero-order valence-electron chi connectivity index (χ0n) is 29.8. The molecule has 0 fully saturated rings. The van der Waals surface area contributed by atoms with E-state index in [2.05, 4.69) is 152 Å². The Kier molecular flexibility index (Phi) is 8.12. The number of hydrogen-bond donors (Lipinski definition) is 0. The van der Waals surface area contributed by atoms with Crippen LogP contribution >= 0.6 is 0 Å². The molecule has 4 nitrogen and oxygen atoms in total. The van der Waals surface area contributed by atoms with Crippen LogP contribution in [0.5, 0.6) is 0 Å². The average molecular weight is 704 g/mol. The van der Waals surface area contributed by atoms with Crippen molar-refractivity contribution in [1.29, 1.82) is 0 Å². The summed E-state index contributed by atoms with van der Waals surface area (Å²) in [7, 11) is 0. The molecule has 0 bridgehead atoms. The minimum atomic E-state index is 0.583. The van der Waals surface area contributed by atoms with Crippen molar-refractivity contribution in [2.45, 2.75) is 0 Å². The van der Waals surface area contributed by atoms with Crippen LogP contribution in [-0.2, 0) is 0 Å². The Labute approximate surface area is 319 Å². The fourth-order valence-electron chi connectivity index (χ4n) is 7.34. The van der Waals surface area contributed by atoms with Crippen molar-refractivity contribution < 1.29 is 4.42 Å². The number of rotatable bonds is 7. The highest BCUT2D eigenvalue weighted by atomic mass is 16.3. The molecule has 0 N–H and O–H groups in total. The molecule has 10 rings (SSSR count). The van der Waals surface area contributed by atoms with E-state index in [1.165, 1.54) is 11.1 Å². The van der Waals surface area contributed by atoms with Gasteiger partial charge in [-0.2, -0.15) is 0 Å². The van der Waals surface area contributed by atoms with Crippen LogP contribution in [0.3, 0.4) is 0 Å². The number of hydrogen-bond acceptors (Lipinski definition) is 4. The van der Waals surface area contributed by atoms with Gasteiger partial charge < -0.3 is 4.42 Å². The van der Waals surface area contributed by atoms with E-state index in [-0.39, 0.29) is 0 Å². The first-order valence-electron chi connectivity index (χ1n) is 18.4. The van der Waals surface area contributed by atoms with Gasteiger partial charge >= 0.3 is 0 Å². The Morgan fingerprint density at radius 2 is 0.636 bits per heavy atom. The number of nitrogens with zero attached hydrogens (tertiary/aromatic N) is 3. The fourth-order valence-corrected chi connectivity index (χ4v) is 7.34. The topological polar surface area (TPSA) is 51.8 Å². The van der Waals surface area contributed by atoms with E-state index < -0.39 is 0 Å². The number of furan rings is 1. The van der Waals surface area contributed by atoms with Gasteiger partial charge in [0.15, 0.2) is 17.5 Å². The highest BCUT2D eigenvalue weighted by molar-refractivity contribution is 6.14. The molecule has 0 spiro atoms. The Bertz CT molecular complexity index is 2920. The second kappa shape index (κ2) is 13.8. The van der Waals surface area contributed by atoms with Crippen molar-refractivity contribution in [2.24, 2.45) is 0 Å². The summed E-state index contributed by atoms with van der Waals surface area (Å²) in [5, 5.41) is 2.11. The molecular weight excluding hydrogens is 671 g/mol. The number of aromatic nitrogens is 3. The molecule has 0 aliphatic heterocycles. The maximum absolute atomic E-state index is 6.75. The van der Waals surface area contributed by atoms with Gasteiger partial charge in [-0.25, -0.2) is 15.0 Å². The summed E-state index contributed by atoms with van der Waals surface area (Å²) in [6.07, 6.45) is 0. The minimum absolute atomic E-state index is 0.583. The van der Waals surface area contributed by atoms with Crippen LogP contribution in [-0.4, -0.2) is 15.0 Å². The van der Waals surface area contributed by atoms with Crippen LogP contribution in [0, 0.1) is 0 Å². The summed E-state index contributed by atoms with van der Waals surface area (Å²) in [4.78, 5) is 15.0. The van der Waals surface area contributed by atoms with E-state index in [1.54, 1.807) is 0 Å². The monoisotopic (exact) mass is 703 g/mol. The quantitative estimate of drug-likeness (QED) is 0.166. The molecule has 258 valence electrons. The van der Waals surface area contributed by atoms with Crippen molar-refractivity contribution in [3.8, 4) is 78.7 Å². The highest BCUT2D eigenvalue weighted by Gasteiger charge is 2.18. The average Bonchev–Trinajstić information content (AvgIpc) is 3.65. The standard InChI is InChI=1S/C51H33N3O/c1-5-13-34(14-6-1)37-21-25-39(26-22-37)45-31-43(36-17-9-3-10-18-36)33-47-48(45)44-30-29-42(32-46(44)55-47)51-53-49(40-19-11-4-12-20-40)52-50(54-51)41-27-23-38(24-28-41)35-15-7-2-8-16-35/h1-33H. The van der Waals surface area contributed by atoms with Gasteiger partial charge in [0.2, 0.25) is 0 Å².